The van der Waals surface area contributed by atoms with Crippen LogP contribution < -0.4 is 5.32 Å². The average molecular weight is 416 g/mol. The first-order valence-electron chi connectivity index (χ1n) is 10.3. The molecule has 0 aromatic heterocycles. The van der Waals surface area contributed by atoms with Crippen molar-refractivity contribution in [2.75, 3.05) is 19.5 Å². The van der Waals surface area contributed by atoms with Gasteiger partial charge in [-0.3, -0.25) is 9.59 Å². The third kappa shape index (κ3) is 7.06. The molecule has 0 heterocycles. The zero-order valence-electron chi connectivity index (χ0n) is 19.9. The maximum absolute atomic E-state index is 12.2. The predicted molar refractivity (Wildman–Crippen MR) is 124 cm³/mol. The average Bonchev–Trinajstić information content (AvgIpc) is 2.73. The van der Waals surface area contributed by atoms with Crippen molar-refractivity contribution in [2.45, 2.75) is 61.5 Å². The van der Waals surface area contributed by atoms with Crippen molar-refractivity contribution < 1.29 is 19.1 Å². The van der Waals surface area contributed by atoms with E-state index in [0.29, 0.717) is 28.9 Å². The second-order valence-electron chi connectivity index (χ2n) is 7.54. The molecule has 0 spiro atoms. The van der Waals surface area contributed by atoms with Crippen molar-refractivity contribution in [2.24, 2.45) is 5.41 Å². The first-order valence-corrected chi connectivity index (χ1v) is 10.3. The second-order valence-corrected chi connectivity index (χ2v) is 7.54. The van der Waals surface area contributed by atoms with E-state index in [4.69, 9.17) is 4.74 Å². The van der Waals surface area contributed by atoms with Gasteiger partial charge in [-0.1, -0.05) is 39.8 Å². The lowest BCUT2D eigenvalue weighted by molar-refractivity contribution is -0.117. The highest BCUT2D eigenvalue weighted by Crippen LogP contribution is 2.38. The molecule has 1 aliphatic rings. The molecule has 0 atom stereocenters. The van der Waals surface area contributed by atoms with Gasteiger partial charge in [-0.15, -0.1) is 0 Å². The molecule has 2 rings (SSSR count). The van der Waals surface area contributed by atoms with Gasteiger partial charge in [0.15, 0.2) is 11.6 Å². The van der Waals surface area contributed by atoms with E-state index in [2.05, 4.69) is 17.4 Å². The fourth-order valence-corrected chi connectivity index (χ4v) is 3.15. The number of methoxy groups -OCH3 is 1. The topological polar surface area (TPSA) is 72.5 Å². The summed E-state index contributed by atoms with van der Waals surface area (Å²) >= 11 is 0. The highest BCUT2D eigenvalue weighted by atomic mass is 16.5. The Bertz CT molecular complexity index is 799. The number of carbonyl (C=O) groups excluding carboxylic acids is 3. The number of carbonyl (C=O) groups is 3. The maximum atomic E-state index is 12.2. The van der Waals surface area contributed by atoms with Crippen LogP contribution in [0.1, 0.15) is 60.5 Å². The van der Waals surface area contributed by atoms with E-state index >= 15 is 0 Å². The summed E-state index contributed by atoms with van der Waals surface area (Å²) in [5.74, 6) is -0.192. The standard InChI is InChI=1S/C14H18O3.C9H13NO.C2H6/c1-8-9(2)13(17)11(10(3)12(8)16)14(4,5)6-7-15;1-10-9-5-3-8(4-6-9)7-11-2;1-2/h7H,6H2,1-5H3;3-6,10H,7H2,1-2H3;1-2H3. The summed E-state index contributed by atoms with van der Waals surface area (Å²) in [4.78, 5) is 34.9. The number of rotatable bonds is 6. The van der Waals surface area contributed by atoms with Crippen LogP contribution in [0.3, 0.4) is 0 Å². The Morgan fingerprint density at radius 3 is 1.87 bits per heavy atom. The molecule has 0 saturated heterocycles. The Labute approximate surface area is 181 Å². The van der Waals surface area contributed by atoms with E-state index in [9.17, 15) is 14.4 Å². The Morgan fingerprint density at radius 2 is 1.43 bits per heavy atom. The van der Waals surface area contributed by atoms with Crippen LogP contribution in [-0.2, 0) is 25.7 Å². The van der Waals surface area contributed by atoms with E-state index in [1.54, 1.807) is 27.9 Å². The van der Waals surface area contributed by atoms with Gasteiger partial charge < -0.3 is 14.8 Å². The van der Waals surface area contributed by atoms with Crippen LogP contribution in [0.5, 0.6) is 0 Å². The first kappa shape index (κ1) is 27.5. The number of nitrogens with one attached hydrogen (secondary N) is 1. The fourth-order valence-electron chi connectivity index (χ4n) is 3.15. The van der Waals surface area contributed by atoms with E-state index in [1.165, 1.54) is 5.56 Å². The van der Waals surface area contributed by atoms with Crippen molar-refractivity contribution in [1.29, 1.82) is 0 Å². The van der Waals surface area contributed by atoms with Gasteiger partial charge in [-0.2, -0.15) is 0 Å². The van der Waals surface area contributed by atoms with Gasteiger partial charge in [0.2, 0.25) is 0 Å². The second kappa shape index (κ2) is 12.9. The molecule has 1 aliphatic carbocycles. The molecule has 0 aliphatic heterocycles. The molecule has 5 nitrogen and oxygen atoms in total. The predicted octanol–water partition coefficient (Wildman–Crippen LogP) is 5.31. The van der Waals surface area contributed by atoms with Crippen LogP contribution in [0.15, 0.2) is 46.6 Å². The summed E-state index contributed by atoms with van der Waals surface area (Å²) in [5, 5.41) is 3.06. The third-order valence-corrected chi connectivity index (χ3v) is 5.01. The number of Topliss-reactive ketones (excluding diaryl/α,β-unsaturated/α-hetero) is 2. The van der Waals surface area contributed by atoms with Gasteiger partial charge in [-0.05, 0) is 38.5 Å². The molecule has 5 heteroatoms. The molecule has 0 radical (unpaired) electrons. The van der Waals surface area contributed by atoms with Crippen LogP contribution >= 0.6 is 0 Å². The molecule has 0 amide bonds. The van der Waals surface area contributed by atoms with E-state index in [1.807, 2.05) is 46.9 Å². The molecule has 1 aromatic rings. The summed E-state index contributed by atoms with van der Waals surface area (Å²) < 4.78 is 4.98. The van der Waals surface area contributed by atoms with Gasteiger partial charge in [0, 0.05) is 54.0 Å². The normalized spacial score (nSPS) is 13.9. The highest BCUT2D eigenvalue weighted by Gasteiger charge is 2.36. The number of anilines is 1. The molecular formula is C25H37NO4. The molecular weight excluding hydrogens is 378 g/mol. The minimum Gasteiger partial charge on any atom is -0.388 e. The van der Waals surface area contributed by atoms with Crippen LogP contribution in [0.4, 0.5) is 5.69 Å². The fraction of sp³-hybridized carbons (Fsp3) is 0.480. The number of ether oxygens (including phenoxy) is 1. The van der Waals surface area contributed by atoms with E-state index in [0.717, 1.165) is 12.0 Å². The monoisotopic (exact) mass is 415 g/mol. The van der Waals surface area contributed by atoms with Gasteiger partial charge >= 0.3 is 0 Å². The molecule has 0 saturated carbocycles. The van der Waals surface area contributed by atoms with Crippen LogP contribution in [0, 0.1) is 5.41 Å². The Balaban J connectivity index is 0.000000557. The van der Waals surface area contributed by atoms with Crippen molar-refractivity contribution in [1.82, 2.24) is 0 Å². The highest BCUT2D eigenvalue weighted by molar-refractivity contribution is 6.25. The third-order valence-electron chi connectivity index (χ3n) is 5.01. The van der Waals surface area contributed by atoms with Crippen LogP contribution in [-0.4, -0.2) is 32.0 Å². The summed E-state index contributed by atoms with van der Waals surface area (Å²) in [6.07, 6.45) is 1.03. The quantitative estimate of drug-likeness (QED) is 0.504. The minimum atomic E-state index is -0.583. The Morgan fingerprint density at radius 1 is 0.933 bits per heavy atom. The molecule has 0 unspecified atom stereocenters. The zero-order chi connectivity index (χ0) is 23.5. The molecule has 166 valence electrons. The van der Waals surface area contributed by atoms with Crippen molar-refractivity contribution in [3.05, 3.63) is 52.1 Å². The van der Waals surface area contributed by atoms with Crippen molar-refractivity contribution in [3.63, 3.8) is 0 Å². The number of hydrogen-bond donors (Lipinski definition) is 1. The largest absolute Gasteiger partial charge is 0.388 e. The molecule has 0 bridgehead atoms. The summed E-state index contributed by atoms with van der Waals surface area (Å²) in [5.41, 5.74) is 3.72. The van der Waals surface area contributed by atoms with Gasteiger partial charge in [0.25, 0.3) is 0 Å². The van der Waals surface area contributed by atoms with Gasteiger partial charge in [0.05, 0.1) is 6.61 Å². The summed E-state index contributed by atoms with van der Waals surface area (Å²) in [6, 6.07) is 8.17. The Hall–Kier alpha value is -2.53. The summed E-state index contributed by atoms with van der Waals surface area (Å²) in [6.45, 7) is 13.3. The SMILES string of the molecule is CC.CC1=C(C)C(=O)C(C(C)(C)CC=O)=C(C)C1=O.CNc1ccc(COC)cc1. The number of ketones is 2. The molecule has 0 fully saturated rings. The lowest BCUT2D eigenvalue weighted by Gasteiger charge is -2.30. The number of benzene rings is 1. The lowest BCUT2D eigenvalue weighted by Crippen LogP contribution is -2.30. The van der Waals surface area contributed by atoms with Gasteiger partial charge in [-0.25, -0.2) is 0 Å². The van der Waals surface area contributed by atoms with Crippen molar-refractivity contribution in [3.8, 4) is 0 Å². The number of allylic oxidation sites excluding steroid dienone is 4. The maximum Gasteiger partial charge on any atom is 0.186 e. The zero-order valence-corrected chi connectivity index (χ0v) is 19.9. The minimum absolute atomic E-state index is 0.0870. The van der Waals surface area contributed by atoms with Crippen molar-refractivity contribution >= 4 is 23.5 Å². The van der Waals surface area contributed by atoms with Crippen LogP contribution in [0.25, 0.3) is 0 Å². The number of hydrogen-bond acceptors (Lipinski definition) is 5. The van der Waals surface area contributed by atoms with E-state index in [-0.39, 0.29) is 18.0 Å². The smallest absolute Gasteiger partial charge is 0.186 e. The summed E-state index contributed by atoms with van der Waals surface area (Å²) in [7, 11) is 3.61. The van der Waals surface area contributed by atoms with Gasteiger partial charge in [0.1, 0.15) is 6.29 Å². The molecule has 1 aromatic carbocycles. The first-order chi connectivity index (χ1) is 14.1. The van der Waals surface area contributed by atoms with E-state index < -0.39 is 5.41 Å². The Kier molecular flexibility index (Phi) is 11.8. The number of aldehydes is 1. The molecule has 30 heavy (non-hydrogen) atoms. The lowest BCUT2D eigenvalue weighted by atomic mass is 9.71. The molecule has 1 N–H and O–H groups in total. The van der Waals surface area contributed by atoms with Crippen LogP contribution in [0.2, 0.25) is 0 Å².